The summed E-state index contributed by atoms with van der Waals surface area (Å²) in [5, 5.41) is 0.278. The second-order valence-electron chi connectivity index (χ2n) is 5.87. The van der Waals surface area contributed by atoms with E-state index in [4.69, 9.17) is 11.6 Å². The molecule has 0 spiro atoms. The summed E-state index contributed by atoms with van der Waals surface area (Å²) in [6.07, 6.45) is 4.94. The Morgan fingerprint density at radius 1 is 1.12 bits per heavy atom. The highest BCUT2D eigenvalue weighted by Crippen LogP contribution is 2.19. The number of hydrogen-bond donors (Lipinski definition) is 0. The molecule has 8 nitrogen and oxygen atoms in total. The smallest absolute Gasteiger partial charge is 0.274 e. The third-order valence-corrected chi connectivity index (χ3v) is 4.66. The molecule has 1 aliphatic heterocycles. The molecule has 0 unspecified atom stereocenters. The Kier molecular flexibility index (Phi) is 5.82. The first kappa shape index (κ1) is 18.3. The van der Waals surface area contributed by atoms with E-state index in [0.29, 0.717) is 38.1 Å². The Bertz CT molecular complexity index is 746. The van der Waals surface area contributed by atoms with Crippen LogP contribution in [0.2, 0.25) is 5.02 Å². The average Bonchev–Trinajstić information content (AvgIpc) is 2.70. The molecule has 9 heteroatoms. The number of rotatable bonds is 5. The molecule has 0 radical (unpaired) electrons. The van der Waals surface area contributed by atoms with E-state index in [-0.39, 0.29) is 16.6 Å². The van der Waals surface area contributed by atoms with Crippen molar-refractivity contribution in [3.05, 3.63) is 35.4 Å². The molecule has 1 aliphatic rings. The number of piperazine rings is 1. The summed E-state index contributed by atoms with van der Waals surface area (Å²) < 4.78 is 0. The van der Waals surface area contributed by atoms with Gasteiger partial charge in [-0.05, 0) is 19.9 Å². The molecule has 0 bridgehead atoms. The predicted octanol–water partition coefficient (Wildman–Crippen LogP) is 1.73. The van der Waals surface area contributed by atoms with Gasteiger partial charge in [0.1, 0.15) is 0 Å². The summed E-state index contributed by atoms with van der Waals surface area (Å²) in [7, 11) is 0. The molecule has 2 aromatic heterocycles. The first-order valence-corrected chi connectivity index (χ1v) is 9.10. The van der Waals surface area contributed by atoms with Crippen molar-refractivity contribution in [2.75, 3.05) is 49.1 Å². The molecule has 0 atom stereocenters. The fourth-order valence-electron chi connectivity index (χ4n) is 2.88. The minimum absolute atomic E-state index is 0.167. The van der Waals surface area contributed by atoms with E-state index in [1.54, 1.807) is 23.4 Å². The summed E-state index contributed by atoms with van der Waals surface area (Å²) in [4.78, 5) is 35.9. The molecule has 3 heterocycles. The maximum absolute atomic E-state index is 12.9. The Morgan fingerprint density at radius 3 is 2.38 bits per heavy atom. The minimum atomic E-state index is -0.167. The van der Waals surface area contributed by atoms with E-state index in [1.165, 1.54) is 6.20 Å². The maximum Gasteiger partial charge on any atom is 0.274 e. The number of carbonyl (C=O) groups is 1. The standard InChI is InChI=1S/C17H22ClN7O/c1-3-23(4-2)17-21-12-13(18)14(22-17)15(26)24-8-10-25(11-9-24)16-19-6-5-7-20-16/h5-7,12H,3-4,8-11H2,1-2H3. The minimum Gasteiger partial charge on any atom is -0.341 e. The van der Waals surface area contributed by atoms with Gasteiger partial charge in [-0.25, -0.2) is 19.9 Å². The molecule has 0 aliphatic carbocycles. The lowest BCUT2D eigenvalue weighted by molar-refractivity contribution is 0.0740. The van der Waals surface area contributed by atoms with E-state index in [9.17, 15) is 4.79 Å². The highest BCUT2D eigenvalue weighted by atomic mass is 35.5. The fraction of sp³-hybridized carbons (Fsp3) is 0.471. The van der Waals surface area contributed by atoms with E-state index in [1.807, 2.05) is 18.7 Å². The topological polar surface area (TPSA) is 78.4 Å². The van der Waals surface area contributed by atoms with Crippen LogP contribution in [0.1, 0.15) is 24.3 Å². The van der Waals surface area contributed by atoms with Crippen LogP contribution in [0.15, 0.2) is 24.7 Å². The van der Waals surface area contributed by atoms with Crippen molar-refractivity contribution in [2.24, 2.45) is 0 Å². The fourth-order valence-corrected chi connectivity index (χ4v) is 3.05. The van der Waals surface area contributed by atoms with Crippen molar-refractivity contribution in [3.8, 4) is 0 Å². The lowest BCUT2D eigenvalue weighted by atomic mass is 10.2. The van der Waals surface area contributed by atoms with Crippen LogP contribution in [0.25, 0.3) is 0 Å². The van der Waals surface area contributed by atoms with E-state index < -0.39 is 0 Å². The predicted molar refractivity (Wildman–Crippen MR) is 101 cm³/mol. The molecule has 2 aromatic rings. The average molecular weight is 376 g/mol. The van der Waals surface area contributed by atoms with Crippen LogP contribution >= 0.6 is 11.6 Å². The summed E-state index contributed by atoms with van der Waals surface area (Å²) in [6, 6.07) is 1.79. The lowest BCUT2D eigenvalue weighted by Gasteiger charge is -2.34. The van der Waals surface area contributed by atoms with Gasteiger partial charge in [0.05, 0.1) is 11.2 Å². The van der Waals surface area contributed by atoms with Crippen molar-refractivity contribution >= 4 is 29.4 Å². The number of anilines is 2. The van der Waals surface area contributed by atoms with E-state index in [2.05, 4.69) is 24.8 Å². The molecule has 0 N–H and O–H groups in total. The zero-order valence-corrected chi connectivity index (χ0v) is 15.7. The van der Waals surface area contributed by atoms with Crippen molar-refractivity contribution in [1.82, 2.24) is 24.8 Å². The first-order valence-electron chi connectivity index (χ1n) is 8.72. The second-order valence-corrected chi connectivity index (χ2v) is 6.27. The monoisotopic (exact) mass is 375 g/mol. The molecule has 1 fully saturated rings. The lowest BCUT2D eigenvalue weighted by Crippen LogP contribution is -2.49. The Labute approximate surface area is 157 Å². The molecule has 0 aromatic carbocycles. The number of aromatic nitrogens is 4. The van der Waals surface area contributed by atoms with Crippen molar-refractivity contribution < 1.29 is 4.79 Å². The summed E-state index contributed by atoms with van der Waals surface area (Å²) in [5.74, 6) is 1.04. The Morgan fingerprint density at radius 2 is 1.77 bits per heavy atom. The highest BCUT2D eigenvalue weighted by molar-refractivity contribution is 6.33. The molecular formula is C17H22ClN7O. The molecule has 0 saturated carbocycles. The van der Waals surface area contributed by atoms with Gasteiger partial charge in [-0.3, -0.25) is 4.79 Å². The van der Waals surface area contributed by atoms with Gasteiger partial charge in [-0.1, -0.05) is 11.6 Å². The van der Waals surface area contributed by atoms with Crippen molar-refractivity contribution in [3.63, 3.8) is 0 Å². The van der Waals surface area contributed by atoms with E-state index in [0.717, 1.165) is 13.1 Å². The van der Waals surface area contributed by atoms with Crippen molar-refractivity contribution in [2.45, 2.75) is 13.8 Å². The summed E-state index contributed by atoms with van der Waals surface area (Å²) in [6.45, 7) is 8.05. The second kappa shape index (κ2) is 8.27. The van der Waals surface area contributed by atoms with Gasteiger partial charge in [0.15, 0.2) is 5.69 Å². The molecule has 1 amide bonds. The summed E-state index contributed by atoms with van der Waals surface area (Å²) >= 11 is 6.20. The molecule has 138 valence electrons. The van der Waals surface area contributed by atoms with Gasteiger partial charge < -0.3 is 14.7 Å². The number of hydrogen-bond acceptors (Lipinski definition) is 7. The van der Waals surface area contributed by atoms with Crippen LogP contribution in [0.5, 0.6) is 0 Å². The maximum atomic E-state index is 12.9. The van der Waals surface area contributed by atoms with Gasteiger partial charge in [0.25, 0.3) is 5.91 Å². The number of nitrogens with zero attached hydrogens (tertiary/aromatic N) is 7. The van der Waals surface area contributed by atoms with Gasteiger partial charge in [0.2, 0.25) is 11.9 Å². The zero-order chi connectivity index (χ0) is 18.5. The van der Waals surface area contributed by atoms with Crippen LogP contribution in [0, 0.1) is 0 Å². The van der Waals surface area contributed by atoms with Crippen LogP contribution in [-0.2, 0) is 0 Å². The van der Waals surface area contributed by atoms with Gasteiger partial charge in [0, 0.05) is 51.7 Å². The van der Waals surface area contributed by atoms with Crippen molar-refractivity contribution in [1.29, 1.82) is 0 Å². The quantitative estimate of drug-likeness (QED) is 0.787. The summed E-state index contributed by atoms with van der Waals surface area (Å²) in [5.41, 5.74) is 0.257. The SMILES string of the molecule is CCN(CC)c1ncc(Cl)c(C(=O)N2CCN(c3ncccn3)CC2)n1. The third-order valence-electron chi connectivity index (χ3n) is 4.38. The largest absolute Gasteiger partial charge is 0.341 e. The zero-order valence-electron chi connectivity index (χ0n) is 15.0. The van der Waals surface area contributed by atoms with Crippen LogP contribution in [0.4, 0.5) is 11.9 Å². The molecule has 26 heavy (non-hydrogen) atoms. The van der Waals surface area contributed by atoms with Crippen LogP contribution in [-0.4, -0.2) is 70.0 Å². The Balaban J connectivity index is 1.71. The van der Waals surface area contributed by atoms with Gasteiger partial charge in [-0.15, -0.1) is 0 Å². The number of halogens is 1. The molecular weight excluding hydrogens is 354 g/mol. The van der Waals surface area contributed by atoms with Crippen LogP contribution in [0.3, 0.4) is 0 Å². The molecule has 1 saturated heterocycles. The van der Waals surface area contributed by atoms with Gasteiger partial charge in [-0.2, -0.15) is 0 Å². The third kappa shape index (κ3) is 3.85. The van der Waals surface area contributed by atoms with E-state index >= 15 is 0 Å². The molecule has 3 rings (SSSR count). The van der Waals surface area contributed by atoms with Gasteiger partial charge >= 0.3 is 0 Å². The number of carbonyl (C=O) groups excluding carboxylic acids is 1. The van der Waals surface area contributed by atoms with Crippen LogP contribution < -0.4 is 9.80 Å². The number of amides is 1. The Hall–Kier alpha value is -2.48. The first-order chi connectivity index (χ1) is 12.6. The normalized spacial score (nSPS) is 14.4. The highest BCUT2D eigenvalue weighted by Gasteiger charge is 2.26.